The Hall–Kier alpha value is -2.24. The second-order valence-electron chi connectivity index (χ2n) is 7.56. The van der Waals surface area contributed by atoms with Crippen LogP contribution in [0.25, 0.3) is 0 Å². The van der Waals surface area contributed by atoms with Crippen molar-refractivity contribution in [2.24, 2.45) is 0 Å². The zero-order valence-electron chi connectivity index (χ0n) is 16.9. The molecule has 5 nitrogen and oxygen atoms in total. The number of benzene rings is 2. The molecule has 30 heavy (non-hydrogen) atoms. The van der Waals surface area contributed by atoms with E-state index in [-0.39, 0.29) is 31.0 Å². The van der Waals surface area contributed by atoms with E-state index >= 15 is 0 Å². The van der Waals surface area contributed by atoms with Gasteiger partial charge >= 0.3 is 0 Å². The Morgan fingerprint density at radius 3 is 2.47 bits per heavy atom. The van der Waals surface area contributed by atoms with Crippen molar-refractivity contribution in [3.05, 3.63) is 64.1 Å². The molecule has 3 rings (SSSR count). The van der Waals surface area contributed by atoms with Crippen LogP contribution in [0.2, 0.25) is 10.0 Å². The molecule has 2 aromatic carbocycles. The third-order valence-electron chi connectivity index (χ3n) is 5.29. The zero-order valence-corrected chi connectivity index (χ0v) is 18.5. The molecule has 0 aromatic heterocycles. The largest absolute Gasteiger partial charge is 0.484 e. The Morgan fingerprint density at radius 2 is 1.80 bits per heavy atom. The van der Waals surface area contributed by atoms with Crippen molar-refractivity contribution in [3.63, 3.8) is 0 Å². The molecule has 2 amide bonds. The summed E-state index contributed by atoms with van der Waals surface area (Å²) in [6.45, 7) is 1.85. The van der Waals surface area contributed by atoms with Crippen LogP contribution in [0, 0.1) is 0 Å². The van der Waals surface area contributed by atoms with Gasteiger partial charge in [-0.3, -0.25) is 9.59 Å². The van der Waals surface area contributed by atoms with Crippen LogP contribution in [-0.2, 0) is 16.1 Å². The van der Waals surface area contributed by atoms with E-state index in [9.17, 15) is 9.59 Å². The molecule has 0 saturated heterocycles. The lowest BCUT2D eigenvalue weighted by Gasteiger charge is -2.29. The Kier molecular flexibility index (Phi) is 8.00. The molecule has 1 saturated carbocycles. The highest BCUT2D eigenvalue weighted by Crippen LogP contribution is 2.20. The molecule has 0 spiro atoms. The number of hydrogen-bond acceptors (Lipinski definition) is 3. The van der Waals surface area contributed by atoms with Gasteiger partial charge < -0.3 is 15.0 Å². The molecule has 0 radical (unpaired) electrons. The molecular formula is C23H26Cl2N2O3. The maximum atomic E-state index is 13.0. The molecule has 1 unspecified atom stereocenters. The lowest BCUT2D eigenvalue weighted by Crippen LogP contribution is -2.50. The molecule has 1 fully saturated rings. The fraction of sp³-hybridized carbons (Fsp3) is 0.391. The molecule has 1 N–H and O–H groups in total. The van der Waals surface area contributed by atoms with Gasteiger partial charge in [0.1, 0.15) is 11.8 Å². The van der Waals surface area contributed by atoms with E-state index in [1.807, 2.05) is 12.1 Å². The second-order valence-corrected chi connectivity index (χ2v) is 8.43. The van der Waals surface area contributed by atoms with Gasteiger partial charge in [-0.2, -0.15) is 0 Å². The number of amides is 2. The van der Waals surface area contributed by atoms with Crippen LogP contribution in [0.1, 0.15) is 38.2 Å². The maximum absolute atomic E-state index is 13.0. The number of nitrogens with one attached hydrogen (secondary N) is 1. The van der Waals surface area contributed by atoms with E-state index in [1.54, 1.807) is 43.3 Å². The van der Waals surface area contributed by atoms with E-state index in [1.165, 1.54) is 4.90 Å². The van der Waals surface area contributed by atoms with E-state index in [2.05, 4.69) is 5.32 Å². The van der Waals surface area contributed by atoms with Gasteiger partial charge in [0.2, 0.25) is 5.91 Å². The van der Waals surface area contributed by atoms with Crippen molar-refractivity contribution in [1.29, 1.82) is 0 Å². The highest BCUT2D eigenvalue weighted by Gasteiger charge is 2.28. The predicted molar refractivity (Wildman–Crippen MR) is 119 cm³/mol. The first kappa shape index (κ1) is 22.4. The lowest BCUT2D eigenvalue weighted by molar-refractivity contribution is -0.142. The SMILES string of the molecule is CC(C(=O)NC1CCCC1)N(Cc1ccc(Cl)cc1)C(=O)COc1cccc(Cl)c1. The number of carbonyl (C=O) groups excluding carboxylic acids is 2. The van der Waals surface area contributed by atoms with Gasteiger partial charge in [0.25, 0.3) is 5.91 Å². The van der Waals surface area contributed by atoms with Crippen molar-refractivity contribution in [1.82, 2.24) is 10.2 Å². The van der Waals surface area contributed by atoms with Crippen LogP contribution in [0.4, 0.5) is 0 Å². The third-order valence-corrected chi connectivity index (χ3v) is 5.78. The van der Waals surface area contributed by atoms with Crippen molar-refractivity contribution in [2.45, 2.75) is 51.2 Å². The first-order valence-electron chi connectivity index (χ1n) is 10.1. The van der Waals surface area contributed by atoms with E-state index in [0.29, 0.717) is 15.8 Å². The first-order valence-corrected chi connectivity index (χ1v) is 10.9. The standard InChI is InChI=1S/C23H26Cl2N2O3/c1-16(23(29)26-20-6-2-3-7-20)27(14-17-9-11-18(24)12-10-17)22(28)15-30-21-8-4-5-19(25)13-21/h4-5,8-13,16,20H,2-3,6-7,14-15H2,1H3,(H,26,29). The quantitative estimate of drug-likeness (QED) is 0.627. The molecule has 0 heterocycles. The smallest absolute Gasteiger partial charge is 0.261 e. The number of rotatable bonds is 8. The fourth-order valence-electron chi connectivity index (χ4n) is 3.55. The minimum atomic E-state index is -0.628. The van der Waals surface area contributed by atoms with Gasteiger partial charge in [0, 0.05) is 22.6 Å². The van der Waals surface area contributed by atoms with Crippen LogP contribution in [-0.4, -0.2) is 35.4 Å². The average Bonchev–Trinajstić information content (AvgIpc) is 3.24. The highest BCUT2D eigenvalue weighted by molar-refractivity contribution is 6.30. The third kappa shape index (κ3) is 6.38. The summed E-state index contributed by atoms with van der Waals surface area (Å²) in [5.41, 5.74) is 0.885. The number of halogens is 2. The molecule has 1 aliphatic carbocycles. The Morgan fingerprint density at radius 1 is 1.10 bits per heavy atom. The molecule has 0 aliphatic heterocycles. The van der Waals surface area contributed by atoms with Gasteiger partial charge in [-0.25, -0.2) is 0 Å². The van der Waals surface area contributed by atoms with Crippen molar-refractivity contribution < 1.29 is 14.3 Å². The molecular weight excluding hydrogens is 423 g/mol. The summed E-state index contributed by atoms with van der Waals surface area (Å²) >= 11 is 12.0. The predicted octanol–water partition coefficient (Wildman–Crippen LogP) is 4.85. The summed E-state index contributed by atoms with van der Waals surface area (Å²) in [4.78, 5) is 27.4. The number of carbonyl (C=O) groups is 2. The van der Waals surface area contributed by atoms with Gasteiger partial charge in [-0.1, -0.05) is 54.2 Å². The van der Waals surface area contributed by atoms with Crippen molar-refractivity contribution in [3.8, 4) is 5.75 Å². The minimum Gasteiger partial charge on any atom is -0.484 e. The molecule has 1 aliphatic rings. The normalized spacial score (nSPS) is 14.9. The van der Waals surface area contributed by atoms with Crippen LogP contribution < -0.4 is 10.1 Å². The van der Waals surface area contributed by atoms with Gasteiger partial charge in [-0.05, 0) is 55.7 Å². The van der Waals surface area contributed by atoms with Crippen molar-refractivity contribution >= 4 is 35.0 Å². The van der Waals surface area contributed by atoms with Crippen LogP contribution in [0.15, 0.2) is 48.5 Å². The molecule has 7 heteroatoms. The number of nitrogens with zero attached hydrogens (tertiary/aromatic N) is 1. The maximum Gasteiger partial charge on any atom is 0.261 e. The summed E-state index contributed by atoms with van der Waals surface area (Å²) in [6.07, 6.45) is 4.23. The lowest BCUT2D eigenvalue weighted by atomic mass is 10.1. The molecule has 1 atom stereocenters. The van der Waals surface area contributed by atoms with Gasteiger partial charge in [0.15, 0.2) is 6.61 Å². The highest BCUT2D eigenvalue weighted by atomic mass is 35.5. The molecule has 2 aromatic rings. The van der Waals surface area contributed by atoms with Crippen LogP contribution in [0.5, 0.6) is 5.75 Å². The average molecular weight is 449 g/mol. The Labute approximate surface area is 187 Å². The van der Waals surface area contributed by atoms with Crippen LogP contribution >= 0.6 is 23.2 Å². The van der Waals surface area contributed by atoms with Gasteiger partial charge in [0.05, 0.1) is 0 Å². The van der Waals surface area contributed by atoms with Crippen LogP contribution in [0.3, 0.4) is 0 Å². The van der Waals surface area contributed by atoms with Crippen molar-refractivity contribution in [2.75, 3.05) is 6.61 Å². The number of hydrogen-bond donors (Lipinski definition) is 1. The number of ether oxygens (including phenoxy) is 1. The minimum absolute atomic E-state index is 0.146. The fourth-order valence-corrected chi connectivity index (χ4v) is 3.85. The van der Waals surface area contributed by atoms with E-state index < -0.39 is 6.04 Å². The van der Waals surface area contributed by atoms with Gasteiger partial charge in [-0.15, -0.1) is 0 Å². The second kappa shape index (κ2) is 10.7. The Balaban J connectivity index is 1.70. The first-order chi connectivity index (χ1) is 14.4. The van der Waals surface area contributed by atoms with E-state index in [0.717, 1.165) is 31.2 Å². The summed E-state index contributed by atoms with van der Waals surface area (Å²) in [5, 5.41) is 4.23. The summed E-state index contributed by atoms with van der Waals surface area (Å²) < 4.78 is 5.62. The zero-order chi connectivity index (χ0) is 21.5. The van der Waals surface area contributed by atoms with E-state index in [4.69, 9.17) is 27.9 Å². The molecule has 160 valence electrons. The topological polar surface area (TPSA) is 58.6 Å². The Bertz CT molecular complexity index is 867. The summed E-state index contributed by atoms with van der Waals surface area (Å²) in [6, 6.07) is 13.7. The molecule has 0 bridgehead atoms. The monoisotopic (exact) mass is 448 g/mol. The summed E-state index contributed by atoms with van der Waals surface area (Å²) in [5.74, 6) is 0.0799. The summed E-state index contributed by atoms with van der Waals surface area (Å²) in [7, 11) is 0.